The smallest absolute Gasteiger partial charge is 0.408 e. The first kappa shape index (κ1) is 28.3. The van der Waals surface area contributed by atoms with Crippen LogP contribution in [0, 0.1) is 12.3 Å². The third kappa shape index (κ3) is 8.36. The number of benzene rings is 1. The first-order valence-corrected chi connectivity index (χ1v) is 12.6. The molecule has 0 bridgehead atoms. The van der Waals surface area contributed by atoms with Crippen LogP contribution in [0.3, 0.4) is 0 Å². The van der Waals surface area contributed by atoms with Crippen molar-refractivity contribution in [2.75, 3.05) is 12.3 Å². The van der Waals surface area contributed by atoms with E-state index in [-0.39, 0.29) is 24.2 Å². The maximum atomic E-state index is 13.7. The molecule has 1 fully saturated rings. The molecule has 3 amide bonds. The molecule has 190 valence electrons. The molecule has 1 aliphatic carbocycles. The maximum absolute atomic E-state index is 13.7. The molecule has 0 heterocycles. The number of terminal acetylenes is 1. The predicted molar refractivity (Wildman–Crippen MR) is 141 cm³/mol. The van der Waals surface area contributed by atoms with Crippen molar-refractivity contribution < 1.29 is 19.1 Å². The van der Waals surface area contributed by atoms with E-state index in [0.717, 1.165) is 32.1 Å². The second-order valence-corrected chi connectivity index (χ2v) is 10.0. The molecule has 0 spiro atoms. The average molecular weight is 500 g/mol. The molecule has 1 saturated carbocycles. The first-order chi connectivity index (χ1) is 16.6. The number of hydrogen-bond acceptors (Lipinski definition) is 5. The Bertz CT molecular complexity index is 944. The van der Waals surface area contributed by atoms with E-state index in [2.05, 4.69) is 35.8 Å². The van der Waals surface area contributed by atoms with Gasteiger partial charge in [-0.25, -0.2) is 4.79 Å². The number of hydrogen-bond donors (Lipinski definition) is 3. The van der Waals surface area contributed by atoms with Crippen molar-refractivity contribution in [3.63, 3.8) is 0 Å². The van der Waals surface area contributed by atoms with Crippen molar-refractivity contribution in [2.24, 2.45) is 0 Å². The summed E-state index contributed by atoms with van der Waals surface area (Å²) in [5.41, 5.74) is 0.317. The fourth-order valence-electron chi connectivity index (χ4n) is 4.14. The Hall–Kier alpha value is -2.92. The van der Waals surface area contributed by atoms with E-state index in [4.69, 9.17) is 11.2 Å². The molecule has 2 N–H and O–H groups in total. The number of ether oxygens (including phenoxy) is 1. The first-order valence-electron chi connectivity index (χ1n) is 12.0. The van der Waals surface area contributed by atoms with Crippen LogP contribution in [-0.4, -0.2) is 52.8 Å². The lowest BCUT2D eigenvalue weighted by Crippen LogP contribution is -2.54. The molecule has 1 aromatic carbocycles. The van der Waals surface area contributed by atoms with Gasteiger partial charge >= 0.3 is 6.09 Å². The number of carbonyl (C=O) groups is 3. The molecule has 7 nitrogen and oxygen atoms in total. The lowest BCUT2D eigenvalue weighted by Gasteiger charge is -2.35. The van der Waals surface area contributed by atoms with Crippen LogP contribution in [0.1, 0.15) is 70.0 Å². The Morgan fingerprint density at radius 2 is 1.91 bits per heavy atom. The lowest BCUT2D eigenvalue weighted by atomic mass is 9.93. The van der Waals surface area contributed by atoms with Crippen molar-refractivity contribution in [3.05, 3.63) is 48.0 Å². The molecule has 0 aromatic heterocycles. The Morgan fingerprint density at radius 1 is 1.26 bits per heavy atom. The van der Waals surface area contributed by atoms with E-state index in [1.807, 2.05) is 0 Å². The zero-order valence-corrected chi connectivity index (χ0v) is 21.8. The summed E-state index contributed by atoms with van der Waals surface area (Å²) >= 11 is 4.28. The minimum atomic E-state index is -1.02. The summed E-state index contributed by atoms with van der Waals surface area (Å²) in [6, 6.07) is 5.08. The molecular weight excluding hydrogens is 462 g/mol. The molecule has 8 heteroatoms. The van der Waals surface area contributed by atoms with Crippen LogP contribution in [0.25, 0.3) is 0 Å². The Kier molecular flexibility index (Phi) is 10.7. The van der Waals surface area contributed by atoms with Gasteiger partial charge in [0.2, 0.25) is 11.8 Å². The van der Waals surface area contributed by atoms with E-state index in [9.17, 15) is 14.4 Å². The molecule has 2 unspecified atom stereocenters. The zero-order valence-electron chi connectivity index (χ0n) is 20.9. The monoisotopic (exact) mass is 499 g/mol. The topological polar surface area (TPSA) is 87.7 Å². The predicted octanol–water partition coefficient (Wildman–Crippen LogP) is 4.00. The van der Waals surface area contributed by atoms with Gasteiger partial charge in [-0.3, -0.25) is 9.59 Å². The van der Waals surface area contributed by atoms with Crippen molar-refractivity contribution in [2.45, 2.75) is 76.6 Å². The highest BCUT2D eigenvalue weighted by molar-refractivity contribution is 7.80. The van der Waals surface area contributed by atoms with Crippen LogP contribution < -0.4 is 10.6 Å². The largest absolute Gasteiger partial charge is 0.444 e. The van der Waals surface area contributed by atoms with E-state index in [1.165, 1.54) is 4.90 Å². The van der Waals surface area contributed by atoms with Gasteiger partial charge in [0, 0.05) is 23.9 Å². The highest BCUT2D eigenvalue weighted by Gasteiger charge is 2.37. The standard InChI is InChI=1S/C27H37N3O4S/c1-6-17-30(25(32)22(18-35)29-26(33)34-27(3,4)5)23(21-16-12-11-13-19(21)7-2)24(31)28-20-14-9-8-10-15-20/h2,6,11-13,16,20,22-23,35H,1,8-10,14-15,17-18H2,3-5H3,(H,28,31)(H,29,33). The van der Waals surface area contributed by atoms with Gasteiger partial charge in [-0.2, -0.15) is 12.6 Å². The van der Waals surface area contributed by atoms with Crippen LogP contribution >= 0.6 is 12.6 Å². The van der Waals surface area contributed by atoms with Gasteiger partial charge in [0.1, 0.15) is 17.7 Å². The minimum Gasteiger partial charge on any atom is -0.444 e. The number of nitrogens with one attached hydrogen (secondary N) is 2. The summed E-state index contributed by atoms with van der Waals surface area (Å²) in [4.78, 5) is 41.2. The normalized spacial score (nSPS) is 15.7. The highest BCUT2D eigenvalue weighted by Crippen LogP contribution is 2.27. The molecule has 0 saturated heterocycles. The fraction of sp³-hybridized carbons (Fsp3) is 0.519. The van der Waals surface area contributed by atoms with E-state index in [1.54, 1.807) is 51.1 Å². The number of amides is 3. The van der Waals surface area contributed by atoms with Gasteiger partial charge < -0.3 is 20.3 Å². The van der Waals surface area contributed by atoms with E-state index >= 15 is 0 Å². The second kappa shape index (κ2) is 13.2. The third-order valence-corrected chi connectivity index (χ3v) is 6.07. The average Bonchev–Trinajstić information content (AvgIpc) is 2.81. The number of rotatable bonds is 9. The van der Waals surface area contributed by atoms with Gasteiger partial charge in [-0.05, 0) is 45.2 Å². The van der Waals surface area contributed by atoms with Crippen molar-refractivity contribution in [3.8, 4) is 12.3 Å². The van der Waals surface area contributed by atoms with Crippen molar-refractivity contribution in [1.82, 2.24) is 15.5 Å². The summed E-state index contributed by atoms with van der Waals surface area (Å²) in [6.07, 6.45) is 11.6. The third-order valence-electron chi connectivity index (χ3n) is 5.70. The summed E-state index contributed by atoms with van der Waals surface area (Å²) in [5, 5.41) is 5.71. The fourth-order valence-corrected chi connectivity index (χ4v) is 4.39. The Morgan fingerprint density at radius 3 is 2.49 bits per heavy atom. The quantitative estimate of drug-likeness (QED) is 0.272. The molecule has 1 aromatic rings. The number of carbonyl (C=O) groups excluding carboxylic acids is 3. The van der Waals surface area contributed by atoms with Crippen LogP contribution in [0.2, 0.25) is 0 Å². The summed E-state index contributed by atoms with van der Waals surface area (Å²) in [6.45, 7) is 9.04. The van der Waals surface area contributed by atoms with E-state index in [0.29, 0.717) is 11.1 Å². The van der Waals surface area contributed by atoms with Crippen LogP contribution in [0.4, 0.5) is 4.79 Å². The van der Waals surface area contributed by atoms with Crippen LogP contribution in [-0.2, 0) is 14.3 Å². The maximum Gasteiger partial charge on any atom is 0.408 e. The molecule has 1 aliphatic rings. The summed E-state index contributed by atoms with van der Waals surface area (Å²) in [7, 11) is 0. The van der Waals surface area contributed by atoms with Gasteiger partial charge in [0.25, 0.3) is 0 Å². The molecule has 35 heavy (non-hydrogen) atoms. The SMILES string of the molecule is C#Cc1ccccc1C(C(=O)NC1CCCCC1)N(CC=C)C(=O)C(CS)NC(=O)OC(C)(C)C. The molecular formula is C27H37N3O4S. The Balaban J connectivity index is 2.42. The second-order valence-electron chi connectivity index (χ2n) is 9.64. The molecule has 2 atom stereocenters. The van der Waals surface area contributed by atoms with Crippen LogP contribution in [0.15, 0.2) is 36.9 Å². The Labute approximate surface area is 214 Å². The number of thiol groups is 1. The van der Waals surface area contributed by atoms with Crippen molar-refractivity contribution in [1.29, 1.82) is 0 Å². The molecule has 0 radical (unpaired) electrons. The highest BCUT2D eigenvalue weighted by atomic mass is 32.1. The molecule has 2 rings (SSSR count). The molecule has 0 aliphatic heterocycles. The van der Waals surface area contributed by atoms with Crippen LogP contribution in [0.5, 0.6) is 0 Å². The lowest BCUT2D eigenvalue weighted by molar-refractivity contribution is -0.141. The summed E-state index contributed by atoms with van der Waals surface area (Å²) < 4.78 is 5.31. The van der Waals surface area contributed by atoms with Gasteiger partial charge in [0.05, 0.1) is 0 Å². The van der Waals surface area contributed by atoms with E-state index < -0.39 is 29.7 Å². The number of alkyl carbamates (subject to hydrolysis) is 1. The van der Waals surface area contributed by atoms with Crippen molar-refractivity contribution >= 4 is 30.5 Å². The van der Waals surface area contributed by atoms with Gasteiger partial charge in [-0.1, -0.05) is 49.5 Å². The van der Waals surface area contributed by atoms with Gasteiger partial charge in [-0.15, -0.1) is 13.0 Å². The number of nitrogens with zero attached hydrogens (tertiary/aromatic N) is 1. The van der Waals surface area contributed by atoms with Gasteiger partial charge in [0.15, 0.2) is 0 Å². The summed E-state index contributed by atoms with van der Waals surface area (Å²) in [5.74, 6) is 1.84. The zero-order chi connectivity index (χ0) is 26.0. The minimum absolute atomic E-state index is 0.0134.